The van der Waals surface area contributed by atoms with Crippen LogP contribution in [0.1, 0.15) is 18.9 Å². The van der Waals surface area contributed by atoms with Gasteiger partial charge in [0.25, 0.3) is 5.91 Å². The van der Waals surface area contributed by atoms with Gasteiger partial charge in [-0.25, -0.2) is 0 Å². The largest absolute Gasteiger partial charge is 0.508 e. The van der Waals surface area contributed by atoms with E-state index in [1.165, 1.54) is 0 Å². The topological polar surface area (TPSA) is 49.8 Å². The molecule has 1 unspecified atom stereocenters. The van der Waals surface area contributed by atoms with Crippen molar-refractivity contribution in [2.24, 2.45) is 0 Å². The number of amides is 1. The van der Waals surface area contributed by atoms with E-state index >= 15 is 0 Å². The zero-order valence-corrected chi connectivity index (χ0v) is 11.5. The van der Waals surface area contributed by atoms with E-state index in [1.54, 1.807) is 49.2 Å². The summed E-state index contributed by atoms with van der Waals surface area (Å²) in [7, 11) is 1.74. The lowest BCUT2D eigenvalue weighted by Gasteiger charge is -2.21. The van der Waals surface area contributed by atoms with Crippen molar-refractivity contribution in [3.05, 3.63) is 42.5 Å². The highest BCUT2D eigenvalue weighted by Gasteiger charge is 2.17. The molecule has 0 aliphatic heterocycles. The molecule has 0 bridgehead atoms. The molecule has 1 aromatic carbocycles. The van der Waals surface area contributed by atoms with Crippen LogP contribution in [0.5, 0.6) is 5.75 Å². The van der Waals surface area contributed by atoms with Gasteiger partial charge < -0.3 is 14.7 Å². The third kappa shape index (κ3) is 5.14. The predicted octanol–water partition coefficient (Wildman–Crippen LogP) is 2.33. The lowest BCUT2D eigenvalue weighted by atomic mass is 10.2. The number of hydrogen-bond acceptors (Lipinski definition) is 3. The molecule has 0 radical (unpaired) electrons. The number of nitrogens with zero attached hydrogens (tertiary/aromatic N) is 1. The molecule has 0 aromatic heterocycles. The first-order chi connectivity index (χ1) is 9.04. The summed E-state index contributed by atoms with van der Waals surface area (Å²) >= 11 is 0. The van der Waals surface area contributed by atoms with Crippen LogP contribution in [-0.4, -0.2) is 35.7 Å². The van der Waals surface area contributed by atoms with Crippen molar-refractivity contribution in [2.45, 2.75) is 26.0 Å². The van der Waals surface area contributed by atoms with Crippen molar-refractivity contribution < 1.29 is 14.6 Å². The van der Waals surface area contributed by atoms with Gasteiger partial charge in [0.15, 0.2) is 0 Å². The third-order valence-electron chi connectivity index (χ3n) is 2.77. The van der Waals surface area contributed by atoms with Crippen LogP contribution in [0.3, 0.4) is 0 Å². The molecule has 0 heterocycles. The number of aromatic hydroxyl groups is 1. The standard InChI is InChI=1S/C15H21NO3/c1-4-5-10-19-12(2)15(18)16(3)11-13-6-8-14(17)9-7-13/h4,6-9,12,17H,1,5,10-11H2,2-3H3. The Kier molecular flexibility index (Phi) is 6.09. The maximum absolute atomic E-state index is 12.0. The molecule has 0 aliphatic rings. The number of benzene rings is 1. The normalized spacial score (nSPS) is 11.9. The molecule has 19 heavy (non-hydrogen) atoms. The van der Waals surface area contributed by atoms with Crippen LogP contribution in [0, 0.1) is 0 Å². The fourth-order valence-corrected chi connectivity index (χ4v) is 1.66. The van der Waals surface area contributed by atoms with Crippen molar-refractivity contribution >= 4 is 5.91 Å². The zero-order valence-electron chi connectivity index (χ0n) is 11.5. The molecular formula is C15H21NO3. The van der Waals surface area contributed by atoms with Crippen molar-refractivity contribution in [2.75, 3.05) is 13.7 Å². The fourth-order valence-electron chi connectivity index (χ4n) is 1.66. The summed E-state index contributed by atoms with van der Waals surface area (Å²) < 4.78 is 5.42. The average Bonchev–Trinajstić information content (AvgIpc) is 2.40. The molecular weight excluding hydrogens is 242 g/mol. The number of hydrogen-bond donors (Lipinski definition) is 1. The summed E-state index contributed by atoms with van der Waals surface area (Å²) in [5, 5.41) is 9.20. The second kappa shape index (κ2) is 7.59. The van der Waals surface area contributed by atoms with Crippen molar-refractivity contribution in [1.82, 2.24) is 4.90 Å². The van der Waals surface area contributed by atoms with E-state index in [0.29, 0.717) is 13.2 Å². The van der Waals surface area contributed by atoms with Gasteiger partial charge in [0.2, 0.25) is 0 Å². The molecule has 0 saturated heterocycles. The summed E-state index contributed by atoms with van der Waals surface area (Å²) in [6.07, 6.45) is 2.04. The Bertz CT molecular complexity index is 414. The van der Waals surface area contributed by atoms with Gasteiger partial charge in [0.1, 0.15) is 11.9 Å². The smallest absolute Gasteiger partial charge is 0.251 e. The molecule has 0 aliphatic carbocycles. The number of phenols is 1. The first-order valence-electron chi connectivity index (χ1n) is 6.30. The highest BCUT2D eigenvalue weighted by atomic mass is 16.5. The Morgan fingerprint density at radius 1 is 1.47 bits per heavy atom. The SMILES string of the molecule is C=CCCOC(C)C(=O)N(C)Cc1ccc(O)cc1. The molecule has 0 saturated carbocycles. The van der Waals surface area contributed by atoms with Crippen LogP contribution in [0.4, 0.5) is 0 Å². The van der Waals surface area contributed by atoms with E-state index in [1.807, 2.05) is 0 Å². The van der Waals surface area contributed by atoms with Gasteiger partial charge in [0, 0.05) is 13.6 Å². The highest BCUT2D eigenvalue weighted by Crippen LogP contribution is 2.12. The number of carbonyl (C=O) groups excluding carboxylic acids is 1. The lowest BCUT2D eigenvalue weighted by molar-refractivity contribution is -0.141. The van der Waals surface area contributed by atoms with E-state index in [2.05, 4.69) is 6.58 Å². The van der Waals surface area contributed by atoms with Crippen LogP contribution in [-0.2, 0) is 16.1 Å². The summed E-state index contributed by atoms with van der Waals surface area (Å²) in [5.41, 5.74) is 0.965. The minimum absolute atomic E-state index is 0.0582. The number of likely N-dealkylation sites (N-methyl/N-ethyl adjacent to an activating group) is 1. The minimum Gasteiger partial charge on any atom is -0.508 e. The van der Waals surface area contributed by atoms with Crippen LogP contribution in [0.15, 0.2) is 36.9 Å². The predicted molar refractivity (Wildman–Crippen MR) is 74.8 cm³/mol. The van der Waals surface area contributed by atoms with E-state index in [9.17, 15) is 9.90 Å². The van der Waals surface area contributed by atoms with Crippen LogP contribution >= 0.6 is 0 Å². The van der Waals surface area contributed by atoms with Gasteiger partial charge in [-0.2, -0.15) is 0 Å². The summed E-state index contributed by atoms with van der Waals surface area (Å²) in [4.78, 5) is 13.7. The average molecular weight is 263 g/mol. The van der Waals surface area contributed by atoms with Gasteiger partial charge in [-0.3, -0.25) is 4.79 Å². The molecule has 4 heteroatoms. The lowest BCUT2D eigenvalue weighted by Crippen LogP contribution is -2.36. The van der Waals surface area contributed by atoms with E-state index in [-0.39, 0.29) is 11.7 Å². The van der Waals surface area contributed by atoms with Gasteiger partial charge in [-0.15, -0.1) is 6.58 Å². The monoisotopic (exact) mass is 263 g/mol. The zero-order chi connectivity index (χ0) is 14.3. The molecule has 1 N–H and O–H groups in total. The molecule has 1 atom stereocenters. The second-order valence-electron chi connectivity index (χ2n) is 4.45. The van der Waals surface area contributed by atoms with E-state index in [4.69, 9.17) is 4.74 Å². The summed E-state index contributed by atoms with van der Waals surface area (Å²) in [6.45, 7) is 6.35. The Balaban J connectivity index is 2.47. The molecule has 1 amide bonds. The van der Waals surface area contributed by atoms with E-state index < -0.39 is 6.10 Å². The Morgan fingerprint density at radius 3 is 2.68 bits per heavy atom. The Labute approximate surface area is 114 Å². The first-order valence-corrected chi connectivity index (χ1v) is 6.30. The minimum atomic E-state index is -0.456. The number of ether oxygens (including phenoxy) is 1. The van der Waals surface area contributed by atoms with Crippen LogP contribution < -0.4 is 0 Å². The number of rotatable bonds is 7. The molecule has 104 valence electrons. The molecule has 1 rings (SSSR count). The molecule has 4 nitrogen and oxygen atoms in total. The van der Waals surface area contributed by atoms with Crippen molar-refractivity contribution in [3.63, 3.8) is 0 Å². The Morgan fingerprint density at radius 2 is 2.11 bits per heavy atom. The van der Waals surface area contributed by atoms with Crippen LogP contribution in [0.25, 0.3) is 0 Å². The molecule has 0 spiro atoms. The number of phenolic OH excluding ortho intramolecular Hbond substituents is 1. The summed E-state index contributed by atoms with van der Waals surface area (Å²) in [6, 6.07) is 6.81. The van der Waals surface area contributed by atoms with Gasteiger partial charge in [-0.1, -0.05) is 18.2 Å². The number of carbonyl (C=O) groups is 1. The second-order valence-corrected chi connectivity index (χ2v) is 4.45. The summed E-state index contributed by atoms with van der Waals surface area (Å²) in [5.74, 6) is 0.163. The molecule has 0 fully saturated rings. The molecule has 1 aromatic rings. The Hall–Kier alpha value is -1.81. The van der Waals surface area contributed by atoms with Crippen molar-refractivity contribution in [1.29, 1.82) is 0 Å². The maximum Gasteiger partial charge on any atom is 0.251 e. The maximum atomic E-state index is 12.0. The van der Waals surface area contributed by atoms with Gasteiger partial charge in [0.05, 0.1) is 6.61 Å². The van der Waals surface area contributed by atoms with Gasteiger partial charge >= 0.3 is 0 Å². The fraction of sp³-hybridized carbons (Fsp3) is 0.400. The first kappa shape index (κ1) is 15.2. The van der Waals surface area contributed by atoms with E-state index in [0.717, 1.165) is 12.0 Å². The third-order valence-corrected chi connectivity index (χ3v) is 2.77. The van der Waals surface area contributed by atoms with Gasteiger partial charge in [-0.05, 0) is 31.0 Å². The quantitative estimate of drug-likeness (QED) is 0.607. The highest BCUT2D eigenvalue weighted by molar-refractivity contribution is 5.80. The van der Waals surface area contributed by atoms with Crippen molar-refractivity contribution in [3.8, 4) is 5.75 Å². The van der Waals surface area contributed by atoms with Crippen LogP contribution in [0.2, 0.25) is 0 Å².